The average molecular weight is 786 g/mol. The van der Waals surface area contributed by atoms with Crippen molar-refractivity contribution in [2.24, 2.45) is 0 Å². The Morgan fingerprint density at radius 3 is 2.25 bits per heavy atom. The molecular formula is C45H43N3O8S. The normalized spacial score (nSPS) is 19.3. The maximum absolute atomic E-state index is 13.3. The van der Waals surface area contributed by atoms with E-state index in [9.17, 15) is 24.3 Å². The number of carbonyl (C=O) groups excluding carboxylic acids is 4. The molecule has 4 atom stereocenters. The lowest BCUT2D eigenvalue weighted by molar-refractivity contribution is -0.245. The smallest absolute Gasteiger partial charge is 0.408 e. The summed E-state index contributed by atoms with van der Waals surface area (Å²) in [4.78, 5) is 52.5. The summed E-state index contributed by atoms with van der Waals surface area (Å²) in [7, 11) is 0. The van der Waals surface area contributed by atoms with E-state index in [1.807, 2.05) is 127 Å². The predicted octanol–water partition coefficient (Wildman–Crippen LogP) is 7.70. The monoisotopic (exact) mass is 785 g/mol. The Hall–Kier alpha value is -5.79. The minimum Gasteiger partial charge on any atom is -0.445 e. The summed E-state index contributed by atoms with van der Waals surface area (Å²) in [6.45, 7) is 1.54. The molecule has 5 aromatic rings. The van der Waals surface area contributed by atoms with Crippen LogP contribution in [0.2, 0.25) is 0 Å². The molecule has 4 unspecified atom stereocenters. The van der Waals surface area contributed by atoms with Crippen LogP contribution in [0.25, 0.3) is 11.1 Å². The predicted molar refractivity (Wildman–Crippen MR) is 215 cm³/mol. The van der Waals surface area contributed by atoms with Crippen molar-refractivity contribution < 1.29 is 38.5 Å². The highest BCUT2D eigenvalue weighted by Gasteiger charge is 2.40. The zero-order valence-corrected chi connectivity index (χ0v) is 32.2. The molecule has 2 fully saturated rings. The molecule has 2 saturated heterocycles. The molecule has 2 aliphatic rings. The lowest BCUT2D eigenvalue weighted by Gasteiger charge is -2.36. The molecule has 2 heterocycles. The number of hydrogen-bond acceptors (Lipinski definition) is 9. The van der Waals surface area contributed by atoms with Crippen molar-refractivity contribution in [3.63, 3.8) is 0 Å². The second-order valence-corrected chi connectivity index (χ2v) is 15.0. The molecule has 3 N–H and O–H groups in total. The fourth-order valence-corrected chi connectivity index (χ4v) is 7.77. The lowest BCUT2D eigenvalue weighted by Crippen LogP contribution is -2.41. The maximum atomic E-state index is 13.3. The highest BCUT2D eigenvalue weighted by Crippen LogP contribution is 2.40. The number of rotatable bonds is 13. The fraction of sp³-hybridized carbons (Fsp3) is 0.244. The number of carbonyl (C=O) groups is 4. The van der Waals surface area contributed by atoms with Gasteiger partial charge in [0.05, 0.1) is 31.8 Å². The van der Waals surface area contributed by atoms with Gasteiger partial charge in [-0.1, -0.05) is 103 Å². The molecule has 0 aliphatic carbocycles. The van der Waals surface area contributed by atoms with Gasteiger partial charge < -0.3 is 30.0 Å². The standard InChI is InChI=1S/C45H43N3O8S/c1-29(50)46-36-19-21-38(22-20-36)57-28-37-23-41(33-13-11-30(26-49)12-14-33)56-44(55-37)34-17-15-32(16-18-34)39-10-6-5-9-35(39)25-48-42(51)24-40(43(48)52)47-45(53)54-27-31-7-3-2-4-8-31/h2-22,37,40-41,44,49H,23-28H2,1H3,(H,46,50)(H,47,53). The van der Waals surface area contributed by atoms with E-state index in [2.05, 4.69) is 10.6 Å². The Kier molecular flexibility index (Phi) is 12.8. The number of thioether (sulfide) groups is 1. The molecule has 0 bridgehead atoms. The number of aliphatic hydroxyl groups excluding tert-OH is 1. The number of likely N-dealkylation sites (tertiary alicyclic amines) is 1. The fourth-order valence-electron chi connectivity index (χ4n) is 6.85. The number of nitrogens with one attached hydrogen (secondary N) is 2. The number of imide groups is 1. The molecule has 4 amide bonds. The first-order valence-electron chi connectivity index (χ1n) is 18.7. The zero-order valence-electron chi connectivity index (χ0n) is 31.3. The van der Waals surface area contributed by atoms with Crippen molar-refractivity contribution >= 4 is 41.3 Å². The lowest BCUT2D eigenvalue weighted by atomic mass is 9.97. The van der Waals surface area contributed by atoms with Crippen LogP contribution in [0.1, 0.15) is 60.0 Å². The molecule has 11 nitrogen and oxygen atoms in total. The van der Waals surface area contributed by atoms with Crippen molar-refractivity contribution in [1.82, 2.24) is 10.2 Å². The van der Waals surface area contributed by atoms with Crippen LogP contribution in [0.15, 0.2) is 132 Å². The van der Waals surface area contributed by atoms with Gasteiger partial charge in [0.2, 0.25) is 11.8 Å². The van der Waals surface area contributed by atoms with Crippen LogP contribution in [-0.4, -0.2) is 51.7 Å². The van der Waals surface area contributed by atoms with E-state index in [0.717, 1.165) is 49.5 Å². The van der Waals surface area contributed by atoms with Gasteiger partial charge >= 0.3 is 6.09 Å². The molecule has 0 saturated carbocycles. The summed E-state index contributed by atoms with van der Waals surface area (Å²) in [6, 6.07) is 39.1. The largest absolute Gasteiger partial charge is 0.445 e. The average Bonchev–Trinajstić information content (AvgIpc) is 3.50. The van der Waals surface area contributed by atoms with E-state index < -0.39 is 24.3 Å². The van der Waals surface area contributed by atoms with E-state index >= 15 is 0 Å². The van der Waals surface area contributed by atoms with Crippen molar-refractivity contribution in [3.05, 3.63) is 155 Å². The topological polar surface area (TPSA) is 144 Å². The molecule has 12 heteroatoms. The van der Waals surface area contributed by atoms with E-state index in [1.54, 1.807) is 11.8 Å². The van der Waals surface area contributed by atoms with Crippen LogP contribution in [0.5, 0.6) is 0 Å². The second kappa shape index (κ2) is 18.4. The van der Waals surface area contributed by atoms with Gasteiger partial charge in [0.25, 0.3) is 5.91 Å². The van der Waals surface area contributed by atoms with Gasteiger partial charge in [0.15, 0.2) is 6.29 Å². The van der Waals surface area contributed by atoms with Crippen LogP contribution in [-0.2, 0) is 48.4 Å². The van der Waals surface area contributed by atoms with Crippen LogP contribution in [0.3, 0.4) is 0 Å². The Labute approximate surface area is 335 Å². The van der Waals surface area contributed by atoms with Crippen LogP contribution in [0, 0.1) is 0 Å². The summed E-state index contributed by atoms with van der Waals surface area (Å²) in [6.07, 6.45) is -1.31. The van der Waals surface area contributed by atoms with E-state index in [4.69, 9.17) is 14.2 Å². The van der Waals surface area contributed by atoms with Crippen LogP contribution < -0.4 is 10.6 Å². The van der Waals surface area contributed by atoms with Crippen LogP contribution in [0.4, 0.5) is 10.5 Å². The Morgan fingerprint density at radius 1 is 0.825 bits per heavy atom. The summed E-state index contributed by atoms with van der Waals surface area (Å²) in [5.41, 5.74) is 6.71. The molecule has 0 spiro atoms. The van der Waals surface area contributed by atoms with Gasteiger partial charge in [-0.25, -0.2) is 4.79 Å². The molecule has 0 aromatic heterocycles. The van der Waals surface area contributed by atoms with Gasteiger partial charge in [0.1, 0.15) is 12.6 Å². The minimum atomic E-state index is -1.00. The molecule has 5 aromatic carbocycles. The van der Waals surface area contributed by atoms with Crippen molar-refractivity contribution in [2.75, 3.05) is 11.1 Å². The Bertz CT molecular complexity index is 2180. The second-order valence-electron chi connectivity index (χ2n) is 13.9. The van der Waals surface area contributed by atoms with Gasteiger partial charge in [-0.3, -0.25) is 19.3 Å². The first-order chi connectivity index (χ1) is 27.7. The quantitative estimate of drug-likeness (QED) is 0.0809. The van der Waals surface area contributed by atoms with Crippen molar-refractivity contribution in [2.45, 2.75) is 69.0 Å². The van der Waals surface area contributed by atoms with Crippen LogP contribution >= 0.6 is 11.8 Å². The number of aliphatic hydroxyl groups is 1. The number of alkyl carbamates (subject to hydrolysis) is 1. The number of anilines is 1. The number of hydrogen-bond donors (Lipinski definition) is 3. The molecule has 0 radical (unpaired) electrons. The Morgan fingerprint density at radius 2 is 1.53 bits per heavy atom. The summed E-state index contributed by atoms with van der Waals surface area (Å²) in [5.74, 6) is -0.301. The van der Waals surface area contributed by atoms with Crippen molar-refractivity contribution in [3.8, 4) is 11.1 Å². The van der Waals surface area contributed by atoms with E-state index in [1.165, 1.54) is 11.8 Å². The Balaban J connectivity index is 1.02. The SMILES string of the molecule is CC(=O)Nc1ccc(SCC2CC(c3ccc(CO)cc3)OC(c3ccc(-c4ccccc4CN4C(=O)CC(NC(=O)OCc5ccccc5)C4=O)cc3)O2)cc1. The van der Waals surface area contributed by atoms with E-state index in [-0.39, 0.29) is 50.2 Å². The number of nitrogens with zero attached hydrogens (tertiary/aromatic N) is 1. The molecule has 292 valence electrons. The summed E-state index contributed by atoms with van der Waals surface area (Å²) < 4.78 is 18.4. The highest BCUT2D eigenvalue weighted by molar-refractivity contribution is 7.99. The first-order valence-corrected chi connectivity index (χ1v) is 19.7. The first kappa shape index (κ1) is 39.4. The zero-order chi connectivity index (χ0) is 39.7. The number of benzene rings is 5. The van der Waals surface area contributed by atoms with Gasteiger partial charge in [-0.05, 0) is 57.6 Å². The summed E-state index contributed by atoms with van der Waals surface area (Å²) in [5, 5.41) is 14.9. The third kappa shape index (κ3) is 10.2. The summed E-state index contributed by atoms with van der Waals surface area (Å²) >= 11 is 1.67. The van der Waals surface area contributed by atoms with Gasteiger partial charge in [-0.2, -0.15) is 0 Å². The van der Waals surface area contributed by atoms with Gasteiger partial charge in [0, 0.05) is 35.2 Å². The minimum absolute atomic E-state index is 0.0403. The highest BCUT2D eigenvalue weighted by atomic mass is 32.2. The van der Waals surface area contributed by atoms with Crippen molar-refractivity contribution in [1.29, 1.82) is 0 Å². The van der Waals surface area contributed by atoms with E-state index in [0.29, 0.717) is 12.2 Å². The molecule has 2 aliphatic heterocycles. The third-order valence-electron chi connectivity index (χ3n) is 9.81. The van der Waals surface area contributed by atoms with Gasteiger partial charge in [-0.15, -0.1) is 11.8 Å². The molecule has 7 rings (SSSR count). The maximum Gasteiger partial charge on any atom is 0.408 e. The molecule has 57 heavy (non-hydrogen) atoms. The number of ether oxygens (including phenoxy) is 3. The third-order valence-corrected chi connectivity index (χ3v) is 11.0. The molecular weight excluding hydrogens is 743 g/mol. The number of amides is 4.